The molecule has 0 rings (SSSR count). The lowest BCUT2D eigenvalue weighted by Crippen LogP contribution is -2.32. The molecule has 0 aromatic heterocycles. The standard InChI is InChI=1S/C9H20N2OS/c1-6(2)8(4)13-7(3)5-9(12)11-10/h6-8H,5,10H2,1-4H3,(H,11,12). The van der Waals surface area contributed by atoms with Gasteiger partial charge in [-0.05, 0) is 5.92 Å². The third kappa shape index (κ3) is 5.93. The van der Waals surface area contributed by atoms with E-state index in [1.165, 1.54) is 0 Å². The zero-order chi connectivity index (χ0) is 10.4. The van der Waals surface area contributed by atoms with Crippen LogP contribution in [0.15, 0.2) is 0 Å². The van der Waals surface area contributed by atoms with E-state index in [0.29, 0.717) is 22.8 Å². The second-order valence-corrected chi connectivity index (χ2v) is 5.49. The summed E-state index contributed by atoms with van der Waals surface area (Å²) in [6.07, 6.45) is 0.498. The highest BCUT2D eigenvalue weighted by Crippen LogP contribution is 2.25. The zero-order valence-corrected chi connectivity index (χ0v) is 9.65. The summed E-state index contributed by atoms with van der Waals surface area (Å²) in [6, 6.07) is 0. The summed E-state index contributed by atoms with van der Waals surface area (Å²) >= 11 is 1.83. The summed E-state index contributed by atoms with van der Waals surface area (Å²) in [4.78, 5) is 10.9. The van der Waals surface area contributed by atoms with Gasteiger partial charge in [0.1, 0.15) is 0 Å². The molecule has 1 amide bonds. The highest BCUT2D eigenvalue weighted by Gasteiger charge is 2.14. The number of amides is 1. The van der Waals surface area contributed by atoms with E-state index in [1.54, 1.807) is 0 Å². The van der Waals surface area contributed by atoms with Gasteiger partial charge in [0.15, 0.2) is 0 Å². The molecule has 0 aliphatic carbocycles. The first-order valence-electron chi connectivity index (χ1n) is 4.62. The Hall–Kier alpha value is -0.220. The Morgan fingerprint density at radius 2 is 1.92 bits per heavy atom. The molecule has 4 heteroatoms. The summed E-state index contributed by atoms with van der Waals surface area (Å²) in [5, 5.41) is 0.918. The maximum Gasteiger partial charge on any atom is 0.234 e. The van der Waals surface area contributed by atoms with E-state index in [9.17, 15) is 4.79 Å². The van der Waals surface area contributed by atoms with E-state index < -0.39 is 0 Å². The van der Waals surface area contributed by atoms with Crippen molar-refractivity contribution in [3.8, 4) is 0 Å². The lowest BCUT2D eigenvalue weighted by atomic mass is 10.2. The first-order valence-corrected chi connectivity index (χ1v) is 5.56. The van der Waals surface area contributed by atoms with Crippen LogP contribution in [-0.2, 0) is 4.79 Å². The van der Waals surface area contributed by atoms with Crippen molar-refractivity contribution in [3.63, 3.8) is 0 Å². The predicted molar refractivity (Wildman–Crippen MR) is 58.3 cm³/mol. The van der Waals surface area contributed by atoms with Gasteiger partial charge in [-0.1, -0.05) is 27.7 Å². The molecule has 0 aliphatic rings. The Bertz CT molecular complexity index is 162. The molecule has 3 N–H and O–H groups in total. The lowest BCUT2D eigenvalue weighted by molar-refractivity contribution is -0.121. The van der Waals surface area contributed by atoms with Crippen LogP contribution >= 0.6 is 11.8 Å². The minimum atomic E-state index is -0.0871. The maximum absolute atomic E-state index is 10.9. The van der Waals surface area contributed by atoms with Gasteiger partial charge in [0.25, 0.3) is 0 Å². The third-order valence-electron chi connectivity index (χ3n) is 2.02. The number of carbonyl (C=O) groups excluding carboxylic acids is 1. The number of hydrazine groups is 1. The zero-order valence-electron chi connectivity index (χ0n) is 8.83. The van der Waals surface area contributed by atoms with Gasteiger partial charge in [-0.25, -0.2) is 5.84 Å². The van der Waals surface area contributed by atoms with E-state index in [-0.39, 0.29) is 5.91 Å². The fourth-order valence-corrected chi connectivity index (χ4v) is 2.19. The Morgan fingerprint density at radius 3 is 2.31 bits per heavy atom. The van der Waals surface area contributed by atoms with Gasteiger partial charge in [-0.2, -0.15) is 11.8 Å². The van der Waals surface area contributed by atoms with Gasteiger partial charge < -0.3 is 0 Å². The van der Waals surface area contributed by atoms with Crippen LogP contribution in [0.2, 0.25) is 0 Å². The third-order valence-corrected chi connectivity index (χ3v) is 3.62. The molecule has 0 aliphatic heterocycles. The highest BCUT2D eigenvalue weighted by molar-refractivity contribution is 8.00. The van der Waals surface area contributed by atoms with Gasteiger partial charge >= 0.3 is 0 Å². The fraction of sp³-hybridized carbons (Fsp3) is 0.889. The van der Waals surface area contributed by atoms with E-state index in [1.807, 2.05) is 11.8 Å². The van der Waals surface area contributed by atoms with Crippen LogP contribution in [-0.4, -0.2) is 16.4 Å². The van der Waals surface area contributed by atoms with Crippen LogP contribution in [0.5, 0.6) is 0 Å². The van der Waals surface area contributed by atoms with Crippen LogP contribution in [0.4, 0.5) is 0 Å². The number of hydrogen-bond acceptors (Lipinski definition) is 3. The van der Waals surface area contributed by atoms with Crippen molar-refractivity contribution >= 4 is 17.7 Å². The number of rotatable bonds is 5. The number of carbonyl (C=O) groups is 1. The summed E-state index contributed by atoms with van der Waals surface area (Å²) in [5.41, 5.74) is 2.15. The smallest absolute Gasteiger partial charge is 0.234 e. The van der Waals surface area contributed by atoms with Gasteiger partial charge in [0.05, 0.1) is 0 Å². The molecule has 78 valence electrons. The normalized spacial score (nSPS) is 15.5. The van der Waals surface area contributed by atoms with Gasteiger partial charge in [-0.15, -0.1) is 0 Å². The average Bonchev–Trinajstić information content (AvgIpc) is 2.03. The van der Waals surface area contributed by atoms with Crippen molar-refractivity contribution in [2.24, 2.45) is 11.8 Å². The van der Waals surface area contributed by atoms with Gasteiger partial charge in [-0.3, -0.25) is 10.2 Å². The Morgan fingerprint density at radius 1 is 1.38 bits per heavy atom. The first kappa shape index (κ1) is 12.8. The van der Waals surface area contributed by atoms with E-state index in [2.05, 4.69) is 33.1 Å². The number of thioether (sulfide) groups is 1. The van der Waals surface area contributed by atoms with Crippen molar-refractivity contribution in [2.45, 2.75) is 44.6 Å². The number of nitrogens with one attached hydrogen (secondary N) is 1. The quantitative estimate of drug-likeness (QED) is 0.406. The summed E-state index contributed by atoms with van der Waals surface area (Å²) in [5.74, 6) is 5.56. The van der Waals surface area contributed by atoms with Crippen LogP contribution in [0.25, 0.3) is 0 Å². The molecule has 0 heterocycles. The molecule has 2 atom stereocenters. The molecule has 3 nitrogen and oxygen atoms in total. The molecule has 0 aromatic carbocycles. The van der Waals surface area contributed by atoms with Crippen LogP contribution < -0.4 is 11.3 Å². The molecule has 13 heavy (non-hydrogen) atoms. The van der Waals surface area contributed by atoms with Crippen molar-refractivity contribution in [1.82, 2.24) is 5.43 Å². The number of nitrogens with two attached hydrogens (primary N) is 1. The van der Waals surface area contributed by atoms with Crippen molar-refractivity contribution < 1.29 is 4.79 Å². The molecule has 2 unspecified atom stereocenters. The summed E-state index contributed by atoms with van der Waals surface area (Å²) < 4.78 is 0. The van der Waals surface area contributed by atoms with E-state index in [0.717, 1.165) is 0 Å². The molecule has 0 aromatic rings. The molecule has 0 fully saturated rings. The topological polar surface area (TPSA) is 55.1 Å². The Labute approximate surface area is 84.8 Å². The van der Waals surface area contributed by atoms with Gasteiger partial charge in [0.2, 0.25) is 5.91 Å². The second kappa shape index (κ2) is 6.27. The Balaban J connectivity index is 3.73. The van der Waals surface area contributed by atoms with Crippen molar-refractivity contribution in [3.05, 3.63) is 0 Å². The van der Waals surface area contributed by atoms with Crippen molar-refractivity contribution in [2.75, 3.05) is 0 Å². The largest absolute Gasteiger partial charge is 0.294 e. The molecule has 0 spiro atoms. The molecule has 0 saturated carbocycles. The lowest BCUT2D eigenvalue weighted by Gasteiger charge is -2.19. The van der Waals surface area contributed by atoms with E-state index in [4.69, 9.17) is 5.84 Å². The average molecular weight is 204 g/mol. The molecule has 0 saturated heterocycles. The van der Waals surface area contributed by atoms with Crippen LogP contribution in [0.1, 0.15) is 34.1 Å². The monoisotopic (exact) mass is 204 g/mol. The number of hydrogen-bond donors (Lipinski definition) is 2. The minimum absolute atomic E-state index is 0.0871. The molecule has 0 bridgehead atoms. The van der Waals surface area contributed by atoms with Crippen molar-refractivity contribution in [1.29, 1.82) is 0 Å². The Kier molecular flexibility index (Phi) is 6.16. The van der Waals surface area contributed by atoms with E-state index >= 15 is 0 Å². The SMILES string of the molecule is CC(CC(=O)NN)SC(C)C(C)C. The summed E-state index contributed by atoms with van der Waals surface area (Å²) in [7, 11) is 0. The van der Waals surface area contributed by atoms with Gasteiger partial charge in [0, 0.05) is 16.9 Å². The fourth-order valence-electron chi connectivity index (χ4n) is 0.892. The minimum Gasteiger partial charge on any atom is -0.294 e. The highest BCUT2D eigenvalue weighted by atomic mass is 32.2. The molecular formula is C9H20N2OS. The van der Waals surface area contributed by atoms with Crippen LogP contribution in [0.3, 0.4) is 0 Å². The van der Waals surface area contributed by atoms with Crippen LogP contribution in [0, 0.1) is 5.92 Å². The maximum atomic E-state index is 10.9. The second-order valence-electron chi connectivity index (χ2n) is 3.67. The molecule has 0 radical (unpaired) electrons. The first-order chi connectivity index (χ1) is 5.97. The molecular weight excluding hydrogens is 184 g/mol. The predicted octanol–water partition coefficient (Wildman–Crippen LogP) is 1.53. The summed E-state index contributed by atoms with van der Waals surface area (Å²) in [6.45, 7) is 8.62.